The molecule has 1 aliphatic rings. The van der Waals surface area contributed by atoms with Crippen molar-refractivity contribution in [1.29, 1.82) is 0 Å². The van der Waals surface area contributed by atoms with Gasteiger partial charge in [-0.2, -0.15) is 0 Å². The summed E-state index contributed by atoms with van der Waals surface area (Å²) < 4.78 is 13.1. The summed E-state index contributed by atoms with van der Waals surface area (Å²) in [4.78, 5) is 12.6. The first-order chi connectivity index (χ1) is 9.65. The molecule has 0 radical (unpaired) electrons. The first kappa shape index (κ1) is 13.0. The van der Waals surface area contributed by atoms with Crippen molar-refractivity contribution in [3.63, 3.8) is 0 Å². The van der Waals surface area contributed by atoms with Crippen LogP contribution in [0.3, 0.4) is 0 Å². The van der Waals surface area contributed by atoms with Gasteiger partial charge in [0.1, 0.15) is 5.82 Å². The molecule has 2 aromatic carbocycles. The van der Waals surface area contributed by atoms with Gasteiger partial charge < -0.3 is 0 Å². The summed E-state index contributed by atoms with van der Waals surface area (Å²) in [7, 11) is 0. The molecule has 2 aromatic rings. The molecule has 0 fully saturated rings. The predicted octanol–water partition coefficient (Wildman–Crippen LogP) is 4.12. The van der Waals surface area contributed by atoms with Crippen molar-refractivity contribution in [1.82, 2.24) is 0 Å². The Morgan fingerprint density at radius 3 is 2.65 bits per heavy atom. The van der Waals surface area contributed by atoms with Crippen LogP contribution in [0.25, 0.3) is 0 Å². The SMILES string of the molecule is Cc1cc(F)ccc1C(=O)C1CCc2ccccc2C1. The number of ketones is 1. The second kappa shape index (κ2) is 5.20. The molecule has 0 saturated heterocycles. The Bertz CT molecular complexity index is 660. The first-order valence-corrected chi connectivity index (χ1v) is 7.02. The average Bonchev–Trinajstić information content (AvgIpc) is 2.46. The van der Waals surface area contributed by atoms with E-state index in [1.165, 1.54) is 23.3 Å². The summed E-state index contributed by atoms with van der Waals surface area (Å²) in [5, 5.41) is 0. The lowest BCUT2D eigenvalue weighted by Gasteiger charge is -2.24. The fraction of sp³-hybridized carbons (Fsp3) is 0.278. The molecule has 0 aliphatic heterocycles. The van der Waals surface area contributed by atoms with Crippen molar-refractivity contribution in [3.05, 3.63) is 70.5 Å². The Morgan fingerprint density at radius 2 is 1.90 bits per heavy atom. The number of rotatable bonds is 2. The van der Waals surface area contributed by atoms with Crippen molar-refractivity contribution in [2.45, 2.75) is 26.2 Å². The van der Waals surface area contributed by atoms with Gasteiger partial charge in [-0.25, -0.2) is 4.39 Å². The minimum atomic E-state index is -0.284. The molecule has 2 heteroatoms. The molecule has 0 bridgehead atoms. The zero-order valence-electron chi connectivity index (χ0n) is 11.5. The quantitative estimate of drug-likeness (QED) is 0.749. The maximum absolute atomic E-state index is 13.1. The number of benzene rings is 2. The molecule has 0 saturated carbocycles. The number of carbonyl (C=O) groups excluding carboxylic acids is 1. The van der Waals surface area contributed by atoms with Crippen LogP contribution in [0, 0.1) is 18.7 Å². The molecular weight excluding hydrogens is 251 g/mol. The van der Waals surface area contributed by atoms with Gasteiger partial charge in [0, 0.05) is 11.5 Å². The lowest BCUT2D eigenvalue weighted by atomic mass is 9.79. The first-order valence-electron chi connectivity index (χ1n) is 7.02. The molecule has 0 aromatic heterocycles. The maximum atomic E-state index is 13.1. The number of carbonyl (C=O) groups is 1. The van der Waals surface area contributed by atoms with Crippen molar-refractivity contribution in [3.8, 4) is 0 Å². The lowest BCUT2D eigenvalue weighted by Crippen LogP contribution is -2.23. The van der Waals surface area contributed by atoms with E-state index in [9.17, 15) is 9.18 Å². The van der Waals surface area contributed by atoms with Gasteiger partial charge in [0.05, 0.1) is 0 Å². The van der Waals surface area contributed by atoms with Crippen LogP contribution in [-0.2, 0) is 12.8 Å². The molecule has 1 unspecified atom stereocenters. The van der Waals surface area contributed by atoms with E-state index in [4.69, 9.17) is 0 Å². The van der Waals surface area contributed by atoms with Crippen LogP contribution in [0.1, 0.15) is 33.5 Å². The zero-order valence-corrected chi connectivity index (χ0v) is 11.5. The van der Waals surface area contributed by atoms with E-state index in [1.807, 2.05) is 12.1 Å². The molecule has 0 heterocycles. The van der Waals surface area contributed by atoms with Gasteiger partial charge in [0.25, 0.3) is 0 Å². The smallest absolute Gasteiger partial charge is 0.166 e. The Hall–Kier alpha value is -1.96. The van der Waals surface area contributed by atoms with E-state index in [1.54, 1.807) is 13.0 Å². The van der Waals surface area contributed by atoms with Gasteiger partial charge in [-0.1, -0.05) is 24.3 Å². The van der Waals surface area contributed by atoms with Crippen LogP contribution in [0.15, 0.2) is 42.5 Å². The second-order valence-corrected chi connectivity index (χ2v) is 5.53. The maximum Gasteiger partial charge on any atom is 0.166 e. The van der Waals surface area contributed by atoms with Crippen LogP contribution in [0.5, 0.6) is 0 Å². The molecule has 3 rings (SSSR count). The van der Waals surface area contributed by atoms with Crippen LogP contribution in [0.4, 0.5) is 4.39 Å². The van der Waals surface area contributed by atoms with Crippen molar-refractivity contribution >= 4 is 5.78 Å². The summed E-state index contributed by atoms with van der Waals surface area (Å²) in [6.07, 6.45) is 2.63. The third-order valence-electron chi connectivity index (χ3n) is 4.17. The molecule has 0 spiro atoms. The minimum Gasteiger partial charge on any atom is -0.294 e. The number of hydrogen-bond donors (Lipinski definition) is 0. The normalized spacial score (nSPS) is 17.6. The number of Topliss-reactive ketones (excluding diaryl/α,β-unsaturated/α-hetero) is 1. The Labute approximate surface area is 118 Å². The van der Waals surface area contributed by atoms with E-state index >= 15 is 0 Å². The van der Waals surface area contributed by atoms with Gasteiger partial charge >= 0.3 is 0 Å². The van der Waals surface area contributed by atoms with E-state index in [0.29, 0.717) is 5.56 Å². The summed E-state index contributed by atoms with van der Waals surface area (Å²) in [6.45, 7) is 1.80. The molecule has 1 aliphatic carbocycles. The van der Waals surface area contributed by atoms with Gasteiger partial charge in [0.2, 0.25) is 0 Å². The zero-order chi connectivity index (χ0) is 14.1. The van der Waals surface area contributed by atoms with Crippen molar-refractivity contribution in [2.75, 3.05) is 0 Å². The molecular formula is C18H17FO. The van der Waals surface area contributed by atoms with Crippen molar-refractivity contribution in [2.24, 2.45) is 5.92 Å². The number of aryl methyl sites for hydroxylation is 2. The van der Waals surface area contributed by atoms with Crippen LogP contribution >= 0.6 is 0 Å². The minimum absolute atomic E-state index is 0.0223. The summed E-state index contributed by atoms with van der Waals surface area (Å²) in [5.41, 5.74) is 4.02. The van der Waals surface area contributed by atoms with Crippen LogP contribution in [-0.4, -0.2) is 5.78 Å². The highest BCUT2D eigenvalue weighted by atomic mass is 19.1. The van der Waals surface area contributed by atoms with Gasteiger partial charge in [-0.15, -0.1) is 0 Å². The van der Waals surface area contributed by atoms with E-state index in [-0.39, 0.29) is 17.5 Å². The largest absolute Gasteiger partial charge is 0.294 e. The summed E-state index contributed by atoms with van der Waals surface area (Å²) in [6, 6.07) is 12.7. The highest BCUT2D eigenvalue weighted by molar-refractivity contribution is 5.99. The molecule has 20 heavy (non-hydrogen) atoms. The Kier molecular flexibility index (Phi) is 3.39. The fourth-order valence-corrected chi connectivity index (χ4v) is 3.05. The standard InChI is InChI=1S/C18H17FO/c1-12-10-16(19)8-9-17(12)18(20)15-7-6-13-4-2-3-5-14(13)11-15/h2-5,8-10,15H,6-7,11H2,1H3. The third kappa shape index (κ3) is 2.38. The Morgan fingerprint density at radius 1 is 1.15 bits per heavy atom. The van der Waals surface area contributed by atoms with E-state index < -0.39 is 0 Å². The third-order valence-corrected chi connectivity index (χ3v) is 4.17. The lowest BCUT2D eigenvalue weighted by molar-refractivity contribution is 0.0908. The van der Waals surface area contributed by atoms with Gasteiger partial charge in [0.15, 0.2) is 5.78 Å². The molecule has 0 N–H and O–H groups in total. The molecule has 1 nitrogen and oxygen atoms in total. The number of hydrogen-bond acceptors (Lipinski definition) is 1. The number of fused-ring (bicyclic) bond motifs is 1. The molecule has 102 valence electrons. The van der Waals surface area contributed by atoms with E-state index in [0.717, 1.165) is 24.8 Å². The molecule has 0 amide bonds. The van der Waals surface area contributed by atoms with Gasteiger partial charge in [-0.3, -0.25) is 4.79 Å². The highest BCUT2D eigenvalue weighted by Gasteiger charge is 2.26. The average molecular weight is 268 g/mol. The molecule has 1 atom stereocenters. The summed E-state index contributed by atoms with van der Waals surface area (Å²) in [5.74, 6) is -0.112. The Balaban J connectivity index is 1.86. The topological polar surface area (TPSA) is 17.1 Å². The number of halogens is 1. The van der Waals surface area contributed by atoms with E-state index in [2.05, 4.69) is 12.1 Å². The monoisotopic (exact) mass is 268 g/mol. The fourth-order valence-electron chi connectivity index (χ4n) is 3.05. The van der Waals surface area contributed by atoms with Crippen LogP contribution < -0.4 is 0 Å². The van der Waals surface area contributed by atoms with Crippen molar-refractivity contribution < 1.29 is 9.18 Å². The van der Waals surface area contributed by atoms with Gasteiger partial charge in [-0.05, 0) is 61.1 Å². The highest BCUT2D eigenvalue weighted by Crippen LogP contribution is 2.28. The predicted molar refractivity (Wildman–Crippen MR) is 77.4 cm³/mol. The summed E-state index contributed by atoms with van der Waals surface area (Å²) >= 11 is 0. The van der Waals surface area contributed by atoms with Crippen LogP contribution in [0.2, 0.25) is 0 Å². The second-order valence-electron chi connectivity index (χ2n) is 5.53.